The lowest BCUT2D eigenvalue weighted by atomic mass is 9.80. The Hall–Kier alpha value is -2.48. The highest BCUT2D eigenvalue weighted by molar-refractivity contribution is 9.10. The number of rotatable bonds is 7. The smallest absolute Gasteiger partial charge is 0.336 e. The van der Waals surface area contributed by atoms with E-state index in [1.165, 1.54) is 14.2 Å². The van der Waals surface area contributed by atoms with Crippen LogP contribution in [0.15, 0.2) is 39.1 Å². The van der Waals surface area contributed by atoms with Gasteiger partial charge >= 0.3 is 11.9 Å². The van der Waals surface area contributed by atoms with E-state index >= 15 is 0 Å². The molecule has 0 aromatic heterocycles. The largest absolute Gasteiger partial charge is 0.493 e. The third-order valence-corrected chi connectivity index (χ3v) is 5.25. The normalized spacial score (nSPS) is 14.4. The van der Waals surface area contributed by atoms with Crippen LogP contribution in [0, 0.1) is 0 Å². The molecular weight excluding hydrogens is 442 g/mol. The molecular formula is C21H26BrNO6. The van der Waals surface area contributed by atoms with Gasteiger partial charge in [0.15, 0.2) is 11.5 Å². The van der Waals surface area contributed by atoms with Crippen LogP contribution < -0.4 is 14.8 Å². The van der Waals surface area contributed by atoms with Gasteiger partial charge in [0.1, 0.15) is 0 Å². The first-order chi connectivity index (χ1) is 13.8. The monoisotopic (exact) mass is 467 g/mol. The average Bonchev–Trinajstić information content (AvgIpc) is 2.67. The summed E-state index contributed by atoms with van der Waals surface area (Å²) >= 11 is 3.55. The Morgan fingerprint density at radius 2 is 1.38 bits per heavy atom. The van der Waals surface area contributed by atoms with Crippen molar-refractivity contribution in [3.8, 4) is 11.5 Å². The van der Waals surface area contributed by atoms with E-state index < -0.39 is 17.9 Å². The van der Waals surface area contributed by atoms with Crippen molar-refractivity contribution in [2.45, 2.75) is 33.6 Å². The highest BCUT2D eigenvalue weighted by atomic mass is 79.9. The highest BCUT2D eigenvalue weighted by Crippen LogP contribution is 2.45. The second-order valence-electron chi connectivity index (χ2n) is 6.31. The molecule has 0 amide bonds. The molecule has 8 heteroatoms. The Balaban J connectivity index is 2.78. The number of methoxy groups -OCH3 is 2. The zero-order valence-corrected chi connectivity index (χ0v) is 19.1. The lowest BCUT2D eigenvalue weighted by Crippen LogP contribution is -2.32. The summed E-state index contributed by atoms with van der Waals surface area (Å²) in [4.78, 5) is 25.7. The van der Waals surface area contributed by atoms with Crippen LogP contribution in [0.4, 0.5) is 0 Å². The maximum atomic E-state index is 12.8. The fraction of sp³-hybridized carbons (Fsp3) is 0.429. The average molecular weight is 468 g/mol. The molecule has 0 aliphatic carbocycles. The summed E-state index contributed by atoms with van der Waals surface area (Å²) in [6.07, 6.45) is 0. The lowest BCUT2D eigenvalue weighted by molar-refractivity contribution is -0.139. The summed E-state index contributed by atoms with van der Waals surface area (Å²) in [5.74, 6) is -0.708. The summed E-state index contributed by atoms with van der Waals surface area (Å²) in [6, 6.07) is 3.49. The SMILES string of the molecule is CCOC(=O)C1=C(C)NC(C)=C(C(=O)OCC)C1c1cc(OC)c(OC)cc1Br. The van der Waals surface area contributed by atoms with E-state index in [0.29, 0.717) is 44.1 Å². The molecule has 158 valence electrons. The number of halogens is 1. The van der Waals surface area contributed by atoms with Gasteiger partial charge in [-0.2, -0.15) is 0 Å². The van der Waals surface area contributed by atoms with Crippen LogP contribution in [0.25, 0.3) is 0 Å². The molecule has 2 rings (SSSR count). The first-order valence-electron chi connectivity index (χ1n) is 9.24. The summed E-state index contributed by atoms with van der Waals surface area (Å²) in [7, 11) is 3.06. The van der Waals surface area contributed by atoms with Crippen LogP contribution in [-0.4, -0.2) is 39.4 Å². The Morgan fingerprint density at radius 3 is 1.79 bits per heavy atom. The first-order valence-corrected chi connectivity index (χ1v) is 10.0. The molecule has 1 aromatic rings. The molecule has 1 aromatic carbocycles. The topological polar surface area (TPSA) is 83.1 Å². The van der Waals surface area contributed by atoms with Crippen LogP contribution in [0.1, 0.15) is 39.2 Å². The molecule has 0 saturated carbocycles. The Kier molecular flexibility index (Phi) is 7.73. The van der Waals surface area contributed by atoms with Crippen LogP contribution in [0.5, 0.6) is 11.5 Å². The van der Waals surface area contributed by atoms with E-state index in [9.17, 15) is 9.59 Å². The van der Waals surface area contributed by atoms with E-state index in [1.807, 2.05) is 0 Å². The number of carbonyl (C=O) groups is 2. The third-order valence-electron chi connectivity index (χ3n) is 4.56. The summed E-state index contributed by atoms with van der Waals surface area (Å²) in [6.45, 7) is 7.45. The number of esters is 2. The molecule has 0 unspecified atom stereocenters. The van der Waals surface area contributed by atoms with Crippen molar-refractivity contribution in [1.29, 1.82) is 0 Å². The Morgan fingerprint density at radius 1 is 0.931 bits per heavy atom. The molecule has 7 nitrogen and oxygen atoms in total. The number of hydrogen-bond donors (Lipinski definition) is 1. The maximum absolute atomic E-state index is 12.8. The quantitative estimate of drug-likeness (QED) is 0.609. The third kappa shape index (κ3) is 4.58. The number of nitrogens with one attached hydrogen (secondary N) is 1. The van der Waals surface area contributed by atoms with E-state index in [1.54, 1.807) is 39.8 Å². The number of ether oxygens (including phenoxy) is 4. The van der Waals surface area contributed by atoms with Crippen LogP contribution in [0.3, 0.4) is 0 Å². The number of hydrogen-bond acceptors (Lipinski definition) is 7. The van der Waals surface area contributed by atoms with Gasteiger partial charge in [0.25, 0.3) is 0 Å². The number of benzene rings is 1. The maximum Gasteiger partial charge on any atom is 0.336 e. The van der Waals surface area contributed by atoms with Crippen molar-refractivity contribution in [3.63, 3.8) is 0 Å². The lowest BCUT2D eigenvalue weighted by Gasteiger charge is -2.31. The molecule has 0 radical (unpaired) electrons. The Bertz CT molecular complexity index is 834. The predicted octanol–water partition coefficient (Wildman–Crippen LogP) is 3.83. The van der Waals surface area contributed by atoms with Crippen molar-refractivity contribution >= 4 is 27.9 Å². The molecule has 0 spiro atoms. The summed E-state index contributed by atoms with van der Waals surface area (Å²) in [5.41, 5.74) is 2.57. The van der Waals surface area contributed by atoms with Crippen molar-refractivity contribution < 1.29 is 28.5 Å². The number of allylic oxidation sites excluding steroid dienone is 2. The van der Waals surface area contributed by atoms with Gasteiger partial charge in [-0.15, -0.1) is 0 Å². The van der Waals surface area contributed by atoms with Gasteiger partial charge in [0.2, 0.25) is 0 Å². The van der Waals surface area contributed by atoms with Gasteiger partial charge in [-0.05, 0) is 45.4 Å². The van der Waals surface area contributed by atoms with Crippen molar-refractivity contribution in [2.24, 2.45) is 0 Å². The summed E-state index contributed by atoms with van der Waals surface area (Å²) < 4.78 is 22.0. The molecule has 1 aliphatic rings. The zero-order valence-electron chi connectivity index (χ0n) is 17.5. The molecule has 1 N–H and O–H groups in total. The molecule has 0 atom stereocenters. The molecule has 1 heterocycles. The molecule has 29 heavy (non-hydrogen) atoms. The van der Waals surface area contributed by atoms with E-state index in [4.69, 9.17) is 18.9 Å². The Labute approximate surface area is 179 Å². The number of dihydropyridines is 1. The van der Waals surface area contributed by atoms with Crippen LogP contribution >= 0.6 is 15.9 Å². The minimum Gasteiger partial charge on any atom is -0.493 e. The highest BCUT2D eigenvalue weighted by Gasteiger charge is 2.39. The van der Waals surface area contributed by atoms with Gasteiger partial charge in [0, 0.05) is 15.9 Å². The second-order valence-corrected chi connectivity index (χ2v) is 7.16. The van der Waals surface area contributed by atoms with Crippen molar-refractivity contribution in [3.05, 3.63) is 44.7 Å². The van der Waals surface area contributed by atoms with Gasteiger partial charge in [-0.25, -0.2) is 9.59 Å². The second kappa shape index (κ2) is 9.82. The fourth-order valence-corrected chi connectivity index (χ4v) is 3.91. The minimum atomic E-state index is -0.705. The molecule has 0 saturated heterocycles. The van der Waals surface area contributed by atoms with Gasteiger partial charge in [-0.1, -0.05) is 15.9 Å². The molecule has 1 aliphatic heterocycles. The number of carbonyl (C=O) groups excluding carboxylic acids is 2. The summed E-state index contributed by atoms with van der Waals surface area (Å²) in [5, 5.41) is 3.11. The minimum absolute atomic E-state index is 0.215. The fourth-order valence-electron chi connectivity index (χ4n) is 3.35. The van der Waals surface area contributed by atoms with Gasteiger partial charge in [0.05, 0.1) is 44.5 Å². The van der Waals surface area contributed by atoms with Crippen LogP contribution in [0.2, 0.25) is 0 Å². The van der Waals surface area contributed by atoms with E-state index in [-0.39, 0.29) is 13.2 Å². The zero-order chi connectivity index (χ0) is 21.7. The standard InChI is InChI=1S/C21H26BrNO6/c1-7-28-20(24)17-11(3)23-12(4)18(21(25)29-8-2)19(17)13-9-15(26-5)16(27-6)10-14(13)22/h9-10,19,23H,7-8H2,1-6H3. The first kappa shape index (κ1) is 22.8. The predicted molar refractivity (Wildman–Crippen MR) is 112 cm³/mol. The molecule has 0 bridgehead atoms. The molecule has 0 fully saturated rings. The van der Waals surface area contributed by atoms with Crippen LogP contribution in [-0.2, 0) is 19.1 Å². The van der Waals surface area contributed by atoms with E-state index in [0.717, 1.165) is 0 Å². The van der Waals surface area contributed by atoms with Crippen molar-refractivity contribution in [2.75, 3.05) is 27.4 Å². The van der Waals surface area contributed by atoms with Gasteiger partial charge in [-0.3, -0.25) is 0 Å². The van der Waals surface area contributed by atoms with E-state index in [2.05, 4.69) is 21.2 Å². The van der Waals surface area contributed by atoms with Crippen molar-refractivity contribution in [1.82, 2.24) is 5.32 Å². The van der Waals surface area contributed by atoms with Gasteiger partial charge < -0.3 is 24.3 Å².